The standard InChI is InChI=1S/C21H26N2OS2/c1-2-3-4-5-6-7-14-24-18-12-10-17(11-13-18)22-21-23-19(16-26-21)20-9-8-15-25-20/h8-13,15-16H,2-7,14H2,1H3,(H,22,23). The van der Waals surface area contributed by atoms with Crippen LogP contribution >= 0.6 is 22.7 Å². The molecular formula is C21H26N2OS2. The van der Waals surface area contributed by atoms with Crippen LogP contribution in [-0.4, -0.2) is 11.6 Å². The van der Waals surface area contributed by atoms with E-state index in [2.05, 4.69) is 40.1 Å². The molecule has 0 spiro atoms. The van der Waals surface area contributed by atoms with Gasteiger partial charge < -0.3 is 10.1 Å². The summed E-state index contributed by atoms with van der Waals surface area (Å²) < 4.78 is 5.83. The average molecular weight is 387 g/mol. The summed E-state index contributed by atoms with van der Waals surface area (Å²) in [7, 11) is 0. The van der Waals surface area contributed by atoms with Gasteiger partial charge in [0.15, 0.2) is 5.13 Å². The smallest absolute Gasteiger partial charge is 0.187 e. The van der Waals surface area contributed by atoms with Gasteiger partial charge in [0.05, 0.1) is 17.2 Å². The van der Waals surface area contributed by atoms with Crippen molar-refractivity contribution in [1.29, 1.82) is 0 Å². The summed E-state index contributed by atoms with van der Waals surface area (Å²) in [4.78, 5) is 5.85. The molecule has 5 heteroatoms. The van der Waals surface area contributed by atoms with Crippen LogP contribution in [0.5, 0.6) is 5.75 Å². The van der Waals surface area contributed by atoms with E-state index in [4.69, 9.17) is 4.74 Å². The Bertz CT molecular complexity index is 751. The minimum absolute atomic E-state index is 0.801. The lowest BCUT2D eigenvalue weighted by Gasteiger charge is -2.08. The highest BCUT2D eigenvalue weighted by Crippen LogP contribution is 2.30. The molecule has 2 heterocycles. The molecule has 0 aliphatic carbocycles. The quantitative estimate of drug-likeness (QED) is 0.350. The van der Waals surface area contributed by atoms with Crippen molar-refractivity contribution in [1.82, 2.24) is 4.98 Å². The summed E-state index contributed by atoms with van der Waals surface area (Å²) in [6.07, 6.45) is 7.71. The molecule has 3 rings (SSSR count). The second-order valence-electron chi connectivity index (χ2n) is 6.28. The molecule has 0 bridgehead atoms. The number of hydrogen-bond donors (Lipinski definition) is 1. The van der Waals surface area contributed by atoms with E-state index in [0.717, 1.165) is 35.3 Å². The minimum atomic E-state index is 0.801. The third kappa shape index (κ3) is 5.85. The normalized spacial score (nSPS) is 10.8. The van der Waals surface area contributed by atoms with Gasteiger partial charge in [0.1, 0.15) is 5.75 Å². The van der Waals surface area contributed by atoms with E-state index in [1.54, 1.807) is 22.7 Å². The number of ether oxygens (including phenoxy) is 1. The monoisotopic (exact) mass is 386 g/mol. The Labute approximate surface area is 164 Å². The molecule has 0 fully saturated rings. The van der Waals surface area contributed by atoms with Gasteiger partial charge in [-0.2, -0.15) is 0 Å². The summed E-state index contributed by atoms with van der Waals surface area (Å²) in [6, 6.07) is 12.3. The molecule has 26 heavy (non-hydrogen) atoms. The fraction of sp³-hybridized carbons (Fsp3) is 0.381. The van der Waals surface area contributed by atoms with Gasteiger partial charge in [-0.1, -0.05) is 45.1 Å². The molecule has 0 atom stereocenters. The first-order chi connectivity index (χ1) is 12.8. The number of anilines is 2. The number of hydrogen-bond acceptors (Lipinski definition) is 5. The number of unbranched alkanes of at least 4 members (excludes halogenated alkanes) is 5. The van der Waals surface area contributed by atoms with Crippen molar-refractivity contribution in [2.45, 2.75) is 45.4 Å². The van der Waals surface area contributed by atoms with E-state index >= 15 is 0 Å². The summed E-state index contributed by atoms with van der Waals surface area (Å²) in [6.45, 7) is 3.05. The summed E-state index contributed by atoms with van der Waals surface area (Å²) in [5.41, 5.74) is 2.07. The fourth-order valence-electron chi connectivity index (χ4n) is 2.70. The maximum Gasteiger partial charge on any atom is 0.187 e. The predicted molar refractivity (Wildman–Crippen MR) is 114 cm³/mol. The van der Waals surface area contributed by atoms with Crippen LogP contribution < -0.4 is 10.1 Å². The summed E-state index contributed by atoms with van der Waals surface area (Å²) >= 11 is 3.34. The lowest BCUT2D eigenvalue weighted by molar-refractivity contribution is 0.304. The maximum atomic E-state index is 5.83. The zero-order valence-corrected chi connectivity index (χ0v) is 16.9. The number of nitrogens with one attached hydrogen (secondary N) is 1. The molecule has 3 nitrogen and oxygen atoms in total. The average Bonchev–Trinajstić information content (AvgIpc) is 3.34. The number of aromatic nitrogens is 1. The van der Waals surface area contributed by atoms with Crippen molar-refractivity contribution >= 4 is 33.5 Å². The number of benzene rings is 1. The summed E-state index contributed by atoms with van der Waals surface area (Å²) in [5.74, 6) is 0.933. The molecule has 2 aromatic heterocycles. The predicted octanol–water partition coefficient (Wildman–Crippen LogP) is 7.35. The lowest BCUT2D eigenvalue weighted by Crippen LogP contribution is -1.97. The van der Waals surface area contributed by atoms with E-state index in [1.165, 1.54) is 37.0 Å². The van der Waals surface area contributed by atoms with Crippen LogP contribution in [0.25, 0.3) is 10.6 Å². The Hall–Kier alpha value is -1.85. The van der Waals surface area contributed by atoms with E-state index < -0.39 is 0 Å². The minimum Gasteiger partial charge on any atom is -0.494 e. The van der Waals surface area contributed by atoms with Crippen molar-refractivity contribution in [3.8, 4) is 16.3 Å². The van der Waals surface area contributed by atoms with Crippen LogP contribution in [0.4, 0.5) is 10.8 Å². The molecule has 0 amide bonds. The first-order valence-corrected chi connectivity index (χ1v) is 11.1. The molecule has 0 unspecified atom stereocenters. The van der Waals surface area contributed by atoms with Crippen molar-refractivity contribution in [2.24, 2.45) is 0 Å². The third-order valence-electron chi connectivity index (χ3n) is 4.15. The lowest BCUT2D eigenvalue weighted by atomic mass is 10.1. The second-order valence-corrected chi connectivity index (χ2v) is 8.09. The molecule has 0 saturated heterocycles. The summed E-state index contributed by atoms with van der Waals surface area (Å²) in [5, 5.41) is 8.44. The molecule has 138 valence electrons. The van der Waals surface area contributed by atoms with Crippen molar-refractivity contribution < 1.29 is 4.74 Å². The van der Waals surface area contributed by atoms with Gasteiger partial charge in [0.25, 0.3) is 0 Å². The van der Waals surface area contributed by atoms with Gasteiger partial charge in [0, 0.05) is 11.1 Å². The van der Waals surface area contributed by atoms with Crippen LogP contribution in [0.1, 0.15) is 45.4 Å². The Morgan fingerprint density at radius 3 is 2.54 bits per heavy atom. The van der Waals surface area contributed by atoms with Crippen LogP contribution in [0.15, 0.2) is 47.2 Å². The van der Waals surface area contributed by atoms with Crippen LogP contribution in [0.2, 0.25) is 0 Å². The zero-order chi connectivity index (χ0) is 18.0. The van der Waals surface area contributed by atoms with E-state index in [0.29, 0.717) is 0 Å². The molecule has 0 aliphatic rings. The molecule has 1 N–H and O–H groups in total. The Balaban J connectivity index is 1.42. The van der Waals surface area contributed by atoms with Crippen LogP contribution in [0, 0.1) is 0 Å². The van der Waals surface area contributed by atoms with Gasteiger partial charge in [-0.3, -0.25) is 0 Å². The highest BCUT2D eigenvalue weighted by Gasteiger charge is 2.05. The van der Waals surface area contributed by atoms with Crippen molar-refractivity contribution in [3.05, 3.63) is 47.2 Å². The topological polar surface area (TPSA) is 34.1 Å². The molecule has 0 saturated carbocycles. The van der Waals surface area contributed by atoms with Crippen molar-refractivity contribution in [2.75, 3.05) is 11.9 Å². The SMILES string of the molecule is CCCCCCCCOc1ccc(Nc2nc(-c3cccs3)cs2)cc1. The molecular weight excluding hydrogens is 360 g/mol. The number of nitrogens with zero attached hydrogens (tertiary/aromatic N) is 1. The number of thiazole rings is 1. The van der Waals surface area contributed by atoms with E-state index in [1.807, 2.05) is 24.3 Å². The first-order valence-electron chi connectivity index (χ1n) is 9.34. The van der Waals surface area contributed by atoms with E-state index in [-0.39, 0.29) is 0 Å². The maximum absolute atomic E-state index is 5.83. The van der Waals surface area contributed by atoms with Crippen LogP contribution in [-0.2, 0) is 0 Å². The number of thiophene rings is 1. The molecule has 0 aliphatic heterocycles. The van der Waals surface area contributed by atoms with Crippen LogP contribution in [0.3, 0.4) is 0 Å². The van der Waals surface area contributed by atoms with Crippen molar-refractivity contribution in [3.63, 3.8) is 0 Å². The third-order valence-corrected chi connectivity index (χ3v) is 5.80. The van der Waals surface area contributed by atoms with E-state index in [9.17, 15) is 0 Å². The first kappa shape index (κ1) is 18.9. The van der Waals surface area contributed by atoms with Gasteiger partial charge in [-0.05, 0) is 42.1 Å². The van der Waals surface area contributed by atoms with Gasteiger partial charge in [-0.15, -0.1) is 22.7 Å². The largest absolute Gasteiger partial charge is 0.494 e. The van der Waals surface area contributed by atoms with Gasteiger partial charge in [-0.25, -0.2) is 4.98 Å². The second kappa shape index (κ2) is 10.3. The molecule has 1 aromatic carbocycles. The highest BCUT2D eigenvalue weighted by atomic mass is 32.1. The Kier molecular flexibility index (Phi) is 7.52. The molecule has 3 aromatic rings. The Morgan fingerprint density at radius 1 is 0.962 bits per heavy atom. The van der Waals surface area contributed by atoms with Gasteiger partial charge >= 0.3 is 0 Å². The molecule has 0 radical (unpaired) electrons. The fourth-order valence-corrected chi connectivity index (χ4v) is 4.19. The highest BCUT2D eigenvalue weighted by molar-refractivity contribution is 7.16. The Morgan fingerprint density at radius 2 is 1.77 bits per heavy atom. The zero-order valence-electron chi connectivity index (χ0n) is 15.2. The number of rotatable bonds is 11. The van der Waals surface area contributed by atoms with Gasteiger partial charge in [0.2, 0.25) is 0 Å².